The molecule has 1 fully saturated rings. The van der Waals surface area contributed by atoms with Gasteiger partial charge in [-0.3, -0.25) is 9.59 Å². The minimum Gasteiger partial charge on any atom is -0.378 e. The SMILES string of the molecule is O=C(Nc1ccc(F)cc1F)c1cccc(C(=O)N2CCOCC2)n1. The first kappa shape index (κ1) is 17.0. The van der Waals surface area contributed by atoms with Gasteiger partial charge in [0.1, 0.15) is 23.0 Å². The fraction of sp³-hybridized carbons (Fsp3) is 0.235. The average molecular weight is 347 g/mol. The van der Waals surface area contributed by atoms with Gasteiger partial charge < -0.3 is 15.0 Å². The van der Waals surface area contributed by atoms with Crippen molar-refractivity contribution >= 4 is 17.5 Å². The second kappa shape index (κ2) is 7.35. The molecular formula is C17H15F2N3O3. The van der Waals surface area contributed by atoms with E-state index in [1.54, 1.807) is 4.90 Å². The van der Waals surface area contributed by atoms with Crippen LogP contribution in [-0.2, 0) is 4.74 Å². The van der Waals surface area contributed by atoms with E-state index in [2.05, 4.69) is 10.3 Å². The summed E-state index contributed by atoms with van der Waals surface area (Å²) in [6.45, 7) is 1.82. The van der Waals surface area contributed by atoms with Crippen molar-refractivity contribution in [2.45, 2.75) is 0 Å². The molecule has 1 saturated heterocycles. The molecule has 0 saturated carbocycles. The summed E-state index contributed by atoms with van der Waals surface area (Å²) >= 11 is 0. The maximum atomic E-state index is 13.6. The van der Waals surface area contributed by atoms with Crippen molar-refractivity contribution in [1.29, 1.82) is 0 Å². The summed E-state index contributed by atoms with van der Waals surface area (Å²) in [7, 11) is 0. The van der Waals surface area contributed by atoms with E-state index in [1.165, 1.54) is 18.2 Å². The number of anilines is 1. The molecule has 130 valence electrons. The van der Waals surface area contributed by atoms with Crippen LogP contribution in [0.1, 0.15) is 21.0 Å². The van der Waals surface area contributed by atoms with Gasteiger partial charge in [0.25, 0.3) is 11.8 Å². The molecule has 6 nitrogen and oxygen atoms in total. The third-order valence-corrected chi connectivity index (χ3v) is 3.68. The lowest BCUT2D eigenvalue weighted by Crippen LogP contribution is -2.41. The van der Waals surface area contributed by atoms with Crippen molar-refractivity contribution in [3.63, 3.8) is 0 Å². The van der Waals surface area contributed by atoms with Crippen molar-refractivity contribution in [3.05, 3.63) is 59.4 Å². The first-order chi connectivity index (χ1) is 12.0. The largest absolute Gasteiger partial charge is 0.378 e. The number of nitrogens with one attached hydrogen (secondary N) is 1. The van der Waals surface area contributed by atoms with Gasteiger partial charge in [0.15, 0.2) is 0 Å². The van der Waals surface area contributed by atoms with Gasteiger partial charge in [0, 0.05) is 19.2 Å². The highest BCUT2D eigenvalue weighted by atomic mass is 19.1. The van der Waals surface area contributed by atoms with Crippen LogP contribution >= 0.6 is 0 Å². The molecule has 2 amide bonds. The maximum absolute atomic E-state index is 13.6. The molecule has 1 N–H and O–H groups in total. The van der Waals surface area contributed by atoms with Gasteiger partial charge in [0.2, 0.25) is 0 Å². The van der Waals surface area contributed by atoms with Crippen LogP contribution in [0, 0.1) is 11.6 Å². The van der Waals surface area contributed by atoms with Crippen LogP contribution in [0.15, 0.2) is 36.4 Å². The number of benzene rings is 1. The Morgan fingerprint density at radius 3 is 2.52 bits per heavy atom. The minimum atomic E-state index is -0.895. The molecule has 0 bridgehead atoms. The molecule has 0 atom stereocenters. The van der Waals surface area contributed by atoms with Crippen LogP contribution in [0.5, 0.6) is 0 Å². The summed E-state index contributed by atoms with van der Waals surface area (Å²) < 4.78 is 31.7. The molecule has 1 aromatic heterocycles. The first-order valence-electron chi connectivity index (χ1n) is 7.65. The van der Waals surface area contributed by atoms with Gasteiger partial charge >= 0.3 is 0 Å². The lowest BCUT2D eigenvalue weighted by atomic mass is 10.2. The van der Waals surface area contributed by atoms with E-state index in [-0.39, 0.29) is 23.0 Å². The highest BCUT2D eigenvalue weighted by Crippen LogP contribution is 2.16. The molecule has 25 heavy (non-hydrogen) atoms. The number of rotatable bonds is 3. The molecule has 2 aromatic rings. The predicted octanol–water partition coefficient (Wildman–Crippen LogP) is 2.08. The summed E-state index contributed by atoms with van der Waals surface area (Å²) in [6, 6.07) is 7.26. The topological polar surface area (TPSA) is 71.5 Å². The molecule has 0 spiro atoms. The second-order valence-electron chi connectivity index (χ2n) is 5.39. The Bertz CT molecular complexity index is 807. The Morgan fingerprint density at radius 1 is 1.08 bits per heavy atom. The molecule has 3 rings (SSSR count). The zero-order valence-electron chi connectivity index (χ0n) is 13.2. The number of ether oxygens (including phenoxy) is 1. The fourth-order valence-electron chi connectivity index (χ4n) is 2.39. The van der Waals surface area contributed by atoms with E-state index < -0.39 is 17.5 Å². The van der Waals surface area contributed by atoms with E-state index in [0.717, 1.165) is 12.1 Å². The molecule has 2 heterocycles. The number of nitrogens with zero attached hydrogens (tertiary/aromatic N) is 2. The number of amides is 2. The number of pyridine rings is 1. The van der Waals surface area contributed by atoms with E-state index in [9.17, 15) is 18.4 Å². The number of carbonyl (C=O) groups is 2. The number of halogens is 2. The quantitative estimate of drug-likeness (QED) is 0.923. The molecule has 1 aliphatic rings. The molecular weight excluding hydrogens is 332 g/mol. The zero-order valence-corrected chi connectivity index (χ0v) is 13.2. The zero-order chi connectivity index (χ0) is 17.8. The average Bonchev–Trinajstić information content (AvgIpc) is 2.64. The Morgan fingerprint density at radius 2 is 1.80 bits per heavy atom. The van der Waals surface area contributed by atoms with E-state index in [0.29, 0.717) is 32.4 Å². The third-order valence-electron chi connectivity index (χ3n) is 3.68. The Hall–Kier alpha value is -2.87. The monoisotopic (exact) mass is 347 g/mol. The summed E-state index contributed by atoms with van der Waals surface area (Å²) in [5.41, 5.74) is -0.0879. The van der Waals surface area contributed by atoms with Crippen molar-refractivity contribution in [1.82, 2.24) is 9.88 Å². The molecule has 1 aliphatic heterocycles. The number of hydrogen-bond donors (Lipinski definition) is 1. The maximum Gasteiger partial charge on any atom is 0.274 e. The summed E-state index contributed by atoms with van der Waals surface area (Å²) in [6.07, 6.45) is 0. The van der Waals surface area contributed by atoms with Crippen LogP contribution in [0.3, 0.4) is 0 Å². The van der Waals surface area contributed by atoms with E-state index >= 15 is 0 Å². The van der Waals surface area contributed by atoms with Crippen molar-refractivity contribution in [2.75, 3.05) is 31.6 Å². The second-order valence-corrected chi connectivity index (χ2v) is 5.39. The highest BCUT2D eigenvalue weighted by molar-refractivity contribution is 6.03. The van der Waals surface area contributed by atoms with Gasteiger partial charge in [0.05, 0.1) is 18.9 Å². The normalized spacial score (nSPS) is 14.2. The van der Waals surface area contributed by atoms with Crippen LogP contribution in [0.2, 0.25) is 0 Å². The van der Waals surface area contributed by atoms with E-state index in [1.807, 2.05) is 0 Å². The van der Waals surface area contributed by atoms with Crippen LogP contribution < -0.4 is 5.32 Å². The fourth-order valence-corrected chi connectivity index (χ4v) is 2.39. The van der Waals surface area contributed by atoms with Crippen LogP contribution in [0.4, 0.5) is 14.5 Å². The lowest BCUT2D eigenvalue weighted by molar-refractivity contribution is 0.0299. The van der Waals surface area contributed by atoms with Crippen molar-refractivity contribution < 1.29 is 23.1 Å². The van der Waals surface area contributed by atoms with Gasteiger partial charge in [-0.1, -0.05) is 6.07 Å². The number of morpholine rings is 1. The van der Waals surface area contributed by atoms with Gasteiger partial charge in [-0.25, -0.2) is 13.8 Å². The standard InChI is InChI=1S/C17H15F2N3O3/c18-11-4-5-13(12(19)10-11)21-16(23)14-2-1-3-15(20-14)17(24)22-6-8-25-9-7-22/h1-5,10H,6-9H2,(H,21,23). The Kier molecular flexibility index (Phi) is 4.99. The van der Waals surface area contributed by atoms with Gasteiger partial charge in [-0.05, 0) is 24.3 Å². The lowest BCUT2D eigenvalue weighted by Gasteiger charge is -2.26. The smallest absolute Gasteiger partial charge is 0.274 e. The number of carbonyl (C=O) groups excluding carboxylic acids is 2. The summed E-state index contributed by atoms with van der Waals surface area (Å²) in [5.74, 6) is -2.63. The van der Waals surface area contributed by atoms with Gasteiger partial charge in [-0.15, -0.1) is 0 Å². The Balaban J connectivity index is 1.76. The number of hydrogen-bond acceptors (Lipinski definition) is 4. The number of aromatic nitrogens is 1. The highest BCUT2D eigenvalue weighted by Gasteiger charge is 2.21. The Labute approximate surface area is 142 Å². The third kappa shape index (κ3) is 3.97. The molecule has 0 aliphatic carbocycles. The molecule has 0 unspecified atom stereocenters. The first-order valence-corrected chi connectivity index (χ1v) is 7.65. The minimum absolute atomic E-state index is 0.0390. The summed E-state index contributed by atoms with van der Waals surface area (Å²) in [5, 5.41) is 2.31. The van der Waals surface area contributed by atoms with Crippen molar-refractivity contribution in [2.24, 2.45) is 0 Å². The molecule has 8 heteroatoms. The summed E-state index contributed by atoms with van der Waals surface area (Å²) in [4.78, 5) is 30.3. The van der Waals surface area contributed by atoms with Gasteiger partial charge in [-0.2, -0.15) is 0 Å². The van der Waals surface area contributed by atoms with Crippen LogP contribution in [0.25, 0.3) is 0 Å². The molecule has 1 aromatic carbocycles. The predicted molar refractivity (Wildman–Crippen MR) is 85.3 cm³/mol. The molecule has 0 radical (unpaired) electrons. The van der Waals surface area contributed by atoms with Crippen molar-refractivity contribution in [3.8, 4) is 0 Å². The van der Waals surface area contributed by atoms with E-state index in [4.69, 9.17) is 4.74 Å². The van der Waals surface area contributed by atoms with Crippen LogP contribution in [-0.4, -0.2) is 48.0 Å².